The first-order valence-electron chi connectivity index (χ1n) is 12.6. The lowest BCUT2D eigenvalue weighted by Crippen LogP contribution is -2.36. The van der Waals surface area contributed by atoms with E-state index in [1.165, 1.54) is 6.08 Å². The first-order chi connectivity index (χ1) is 19.0. The van der Waals surface area contributed by atoms with Gasteiger partial charge in [-0.1, -0.05) is 73.1 Å². The second-order valence-electron chi connectivity index (χ2n) is 8.56. The van der Waals surface area contributed by atoms with Crippen LogP contribution in [0.15, 0.2) is 82.3 Å². The van der Waals surface area contributed by atoms with Crippen molar-refractivity contribution in [2.24, 2.45) is 10.7 Å². The largest absolute Gasteiger partial charge is 0.450 e. The predicted molar refractivity (Wildman–Crippen MR) is 153 cm³/mol. The van der Waals surface area contributed by atoms with Crippen LogP contribution in [0.4, 0.5) is 11.8 Å². The Balaban J connectivity index is 1.84. The Morgan fingerprint density at radius 3 is 2.72 bits per heavy atom. The van der Waals surface area contributed by atoms with E-state index in [2.05, 4.69) is 33.4 Å². The number of hydrogen-bond acceptors (Lipinski definition) is 9. The van der Waals surface area contributed by atoms with Gasteiger partial charge in [0.1, 0.15) is 11.3 Å². The topological polar surface area (TPSA) is 145 Å². The standard InChI is InChI=1S/C28H31N7O4/c1-3-5-7-13-21(10-4-2)24-19-23-26(39-24)27(34-14-16-38-17-15-34)32-28(30-23)31-25(33-35(36)37)18-22(29)20-11-8-6-9-12-20/h4-13,18-19H,3,14-17,29H2,1-2H3,(H,30,31,32,33)/b7-5+,10-4-,21-13+,22-18-. The van der Waals surface area contributed by atoms with Crippen LogP contribution in [0.1, 0.15) is 31.6 Å². The van der Waals surface area contributed by atoms with Crippen molar-refractivity contribution in [3.8, 4) is 0 Å². The highest BCUT2D eigenvalue weighted by molar-refractivity contribution is 5.99. The van der Waals surface area contributed by atoms with E-state index in [-0.39, 0.29) is 11.8 Å². The van der Waals surface area contributed by atoms with Gasteiger partial charge in [-0.3, -0.25) is 0 Å². The lowest BCUT2D eigenvalue weighted by atomic mass is 10.1. The highest BCUT2D eigenvalue weighted by atomic mass is 16.7. The van der Waals surface area contributed by atoms with Gasteiger partial charge in [0.05, 0.1) is 13.2 Å². The minimum absolute atomic E-state index is 0.0280. The van der Waals surface area contributed by atoms with Gasteiger partial charge in [0, 0.05) is 36.5 Å². The van der Waals surface area contributed by atoms with E-state index in [1.807, 2.05) is 60.4 Å². The number of fused-ring (bicyclic) bond motifs is 1. The summed E-state index contributed by atoms with van der Waals surface area (Å²) < 4.78 is 11.8. The Hall–Kier alpha value is -4.77. The van der Waals surface area contributed by atoms with E-state index in [9.17, 15) is 10.1 Å². The van der Waals surface area contributed by atoms with Crippen molar-refractivity contribution >= 4 is 40.0 Å². The molecule has 1 saturated heterocycles. The number of rotatable bonds is 9. The molecule has 3 N–H and O–H groups in total. The second-order valence-corrected chi connectivity index (χ2v) is 8.56. The first-order valence-corrected chi connectivity index (χ1v) is 12.6. The molecule has 11 nitrogen and oxygen atoms in total. The SMILES string of the molecule is C\C=C/C(=C\C=C\CC)c1cc2nc(/N=C(\C=C(/N)c3ccccc3)N[N+](=O)[O-])nc(N3CCOCC3)c2o1. The maximum Gasteiger partial charge on any atom is 0.254 e. The van der Waals surface area contributed by atoms with Gasteiger partial charge in [-0.25, -0.2) is 15.1 Å². The van der Waals surface area contributed by atoms with Gasteiger partial charge < -0.3 is 19.8 Å². The van der Waals surface area contributed by atoms with Gasteiger partial charge in [0.25, 0.3) is 5.95 Å². The molecular weight excluding hydrogens is 498 g/mol. The fourth-order valence-corrected chi connectivity index (χ4v) is 3.94. The Bertz CT molecular complexity index is 1450. The number of morpholine rings is 1. The number of allylic oxidation sites excluding steroid dienone is 6. The Morgan fingerprint density at radius 2 is 2.03 bits per heavy atom. The molecule has 39 heavy (non-hydrogen) atoms. The first kappa shape index (κ1) is 27.3. The highest BCUT2D eigenvalue weighted by Crippen LogP contribution is 2.32. The molecule has 1 aliphatic rings. The number of nitro groups is 1. The molecule has 1 fully saturated rings. The summed E-state index contributed by atoms with van der Waals surface area (Å²) in [6.45, 7) is 6.27. The summed E-state index contributed by atoms with van der Waals surface area (Å²) in [5, 5.41) is 10.6. The maximum absolute atomic E-state index is 11.3. The molecule has 4 rings (SSSR count). The average Bonchev–Trinajstić information content (AvgIpc) is 3.37. The molecule has 0 atom stereocenters. The molecule has 3 aromatic rings. The summed E-state index contributed by atoms with van der Waals surface area (Å²) in [6.07, 6.45) is 12.2. The quantitative estimate of drug-likeness (QED) is 0.131. The van der Waals surface area contributed by atoms with Gasteiger partial charge in [-0.15, -0.1) is 0 Å². The number of anilines is 1. The number of furan rings is 1. The molecule has 0 amide bonds. The fraction of sp³-hybridized carbons (Fsp3) is 0.250. The zero-order valence-corrected chi connectivity index (χ0v) is 21.9. The van der Waals surface area contributed by atoms with Crippen LogP contribution in [0.25, 0.3) is 22.4 Å². The summed E-state index contributed by atoms with van der Waals surface area (Å²) in [7, 11) is 0. The number of benzene rings is 1. The maximum atomic E-state index is 11.3. The Labute approximate surface area is 226 Å². The van der Waals surface area contributed by atoms with Gasteiger partial charge in [-0.05, 0) is 18.9 Å². The lowest BCUT2D eigenvalue weighted by molar-refractivity contribution is -0.524. The number of hydrogen-bond donors (Lipinski definition) is 2. The van der Waals surface area contributed by atoms with Crippen LogP contribution in [-0.2, 0) is 4.74 Å². The van der Waals surface area contributed by atoms with Gasteiger partial charge in [0.2, 0.25) is 0 Å². The van der Waals surface area contributed by atoms with E-state index in [0.717, 1.165) is 12.0 Å². The highest BCUT2D eigenvalue weighted by Gasteiger charge is 2.22. The average molecular weight is 530 g/mol. The zero-order valence-electron chi connectivity index (χ0n) is 21.9. The number of aromatic nitrogens is 2. The number of nitrogens with two attached hydrogens (primary N) is 1. The van der Waals surface area contributed by atoms with Crippen molar-refractivity contribution in [2.75, 3.05) is 31.2 Å². The number of nitrogens with zero attached hydrogens (tertiary/aromatic N) is 5. The molecule has 11 heteroatoms. The summed E-state index contributed by atoms with van der Waals surface area (Å²) in [5.41, 5.74) is 11.2. The van der Waals surface area contributed by atoms with Crippen LogP contribution in [0.2, 0.25) is 0 Å². The van der Waals surface area contributed by atoms with Crippen LogP contribution >= 0.6 is 0 Å². The monoisotopic (exact) mass is 529 g/mol. The minimum atomic E-state index is -0.705. The van der Waals surface area contributed by atoms with E-state index < -0.39 is 5.03 Å². The normalized spacial score (nSPS) is 15.5. The van der Waals surface area contributed by atoms with E-state index in [4.69, 9.17) is 14.9 Å². The van der Waals surface area contributed by atoms with Crippen LogP contribution in [-0.4, -0.2) is 47.1 Å². The van der Waals surface area contributed by atoms with Crippen LogP contribution in [0, 0.1) is 10.1 Å². The molecule has 0 unspecified atom stereocenters. The second kappa shape index (κ2) is 13.2. The van der Waals surface area contributed by atoms with Gasteiger partial charge in [-0.2, -0.15) is 9.98 Å². The molecule has 0 aliphatic carbocycles. The summed E-state index contributed by atoms with van der Waals surface area (Å²) in [4.78, 5) is 26.9. The lowest BCUT2D eigenvalue weighted by Gasteiger charge is -2.27. The molecule has 2 aromatic heterocycles. The molecule has 202 valence electrons. The summed E-state index contributed by atoms with van der Waals surface area (Å²) in [6, 6.07) is 10.9. The molecule has 0 spiro atoms. The van der Waals surface area contributed by atoms with Crippen molar-refractivity contribution in [1.29, 1.82) is 0 Å². The third-order valence-corrected chi connectivity index (χ3v) is 5.76. The van der Waals surface area contributed by atoms with Gasteiger partial charge >= 0.3 is 0 Å². The van der Waals surface area contributed by atoms with Crippen molar-refractivity contribution in [3.63, 3.8) is 0 Å². The molecule has 3 heterocycles. The van der Waals surface area contributed by atoms with E-state index in [1.54, 1.807) is 12.1 Å². The minimum Gasteiger partial charge on any atom is -0.450 e. The molecule has 1 aliphatic heterocycles. The predicted octanol–water partition coefficient (Wildman–Crippen LogP) is 4.80. The Kier molecular flexibility index (Phi) is 9.20. The summed E-state index contributed by atoms with van der Waals surface area (Å²) in [5.74, 6) is 1.07. The number of nitrogens with one attached hydrogen (secondary N) is 1. The molecular formula is C28H31N7O4. The third-order valence-electron chi connectivity index (χ3n) is 5.76. The van der Waals surface area contributed by atoms with Crippen molar-refractivity contribution in [3.05, 3.63) is 94.3 Å². The van der Waals surface area contributed by atoms with Gasteiger partial charge in [0.15, 0.2) is 22.3 Å². The Morgan fingerprint density at radius 1 is 1.26 bits per heavy atom. The third kappa shape index (κ3) is 7.17. The fourth-order valence-electron chi connectivity index (χ4n) is 3.94. The van der Waals surface area contributed by atoms with Crippen LogP contribution < -0.4 is 16.1 Å². The van der Waals surface area contributed by atoms with Crippen LogP contribution in [0.5, 0.6) is 0 Å². The smallest absolute Gasteiger partial charge is 0.254 e. The number of ether oxygens (including phenoxy) is 1. The van der Waals surface area contributed by atoms with Crippen LogP contribution in [0.3, 0.4) is 0 Å². The van der Waals surface area contributed by atoms with E-state index in [0.29, 0.717) is 60.2 Å². The van der Waals surface area contributed by atoms with E-state index >= 15 is 0 Å². The number of aliphatic imine (C=N–C) groups is 1. The van der Waals surface area contributed by atoms with Crippen molar-refractivity contribution < 1.29 is 14.2 Å². The molecule has 1 aromatic carbocycles. The zero-order chi connectivity index (χ0) is 27.6. The number of amidine groups is 1. The summed E-state index contributed by atoms with van der Waals surface area (Å²) >= 11 is 0. The number of hydrazine groups is 1. The van der Waals surface area contributed by atoms with Crippen molar-refractivity contribution in [1.82, 2.24) is 15.4 Å². The molecule has 0 bridgehead atoms. The molecule has 0 radical (unpaired) electrons. The van der Waals surface area contributed by atoms with Crippen molar-refractivity contribution in [2.45, 2.75) is 20.3 Å². The molecule has 0 saturated carbocycles.